The molecule has 0 aliphatic rings. The summed E-state index contributed by atoms with van der Waals surface area (Å²) in [6.07, 6.45) is 0.0647. The highest BCUT2D eigenvalue weighted by atomic mass is 16.1. The van der Waals surface area contributed by atoms with Crippen molar-refractivity contribution in [3.05, 3.63) is 71.8 Å². The summed E-state index contributed by atoms with van der Waals surface area (Å²) in [5.74, 6) is -2.40. The standard InChI is InChI=1S/C18H16N2O2/c19-12-16(18(20)22)15(13-7-3-1-4-8-13)11-17(21)14-9-5-2-6-10-14/h1-10,15-16H,11H2,(H2,20,22)/t15-,16+/m0/s1. The number of hydrogen-bond donors (Lipinski definition) is 1. The maximum atomic E-state index is 12.4. The van der Waals surface area contributed by atoms with E-state index in [0.717, 1.165) is 5.56 Å². The molecule has 0 heterocycles. The van der Waals surface area contributed by atoms with Crippen LogP contribution in [0.1, 0.15) is 28.3 Å². The SMILES string of the molecule is N#C[C@@H](C(N)=O)[C@@H](CC(=O)c1ccccc1)c1ccccc1. The lowest BCUT2D eigenvalue weighted by atomic mass is 9.81. The maximum Gasteiger partial charge on any atom is 0.235 e. The van der Waals surface area contributed by atoms with Gasteiger partial charge in [0, 0.05) is 17.9 Å². The van der Waals surface area contributed by atoms with Gasteiger partial charge in [-0.2, -0.15) is 5.26 Å². The molecule has 2 aromatic carbocycles. The van der Waals surface area contributed by atoms with Crippen LogP contribution in [0.4, 0.5) is 0 Å². The van der Waals surface area contributed by atoms with Crippen LogP contribution in [-0.2, 0) is 4.79 Å². The number of carbonyl (C=O) groups is 2. The molecule has 0 aliphatic carbocycles. The van der Waals surface area contributed by atoms with Gasteiger partial charge in [-0.15, -0.1) is 0 Å². The van der Waals surface area contributed by atoms with Crippen LogP contribution in [-0.4, -0.2) is 11.7 Å². The fraction of sp³-hybridized carbons (Fsp3) is 0.167. The summed E-state index contributed by atoms with van der Waals surface area (Å²) in [5.41, 5.74) is 6.65. The monoisotopic (exact) mass is 292 g/mol. The van der Waals surface area contributed by atoms with Crippen molar-refractivity contribution in [1.29, 1.82) is 5.26 Å². The Morgan fingerprint density at radius 1 is 1.00 bits per heavy atom. The molecule has 1 amide bonds. The molecule has 2 rings (SSSR count). The molecule has 0 saturated carbocycles. The highest BCUT2D eigenvalue weighted by Gasteiger charge is 2.30. The van der Waals surface area contributed by atoms with Crippen molar-refractivity contribution in [2.75, 3.05) is 0 Å². The number of nitrogens with two attached hydrogens (primary N) is 1. The molecule has 0 bridgehead atoms. The van der Waals surface area contributed by atoms with Gasteiger partial charge in [-0.3, -0.25) is 9.59 Å². The quantitative estimate of drug-likeness (QED) is 0.831. The minimum absolute atomic E-state index is 0.0647. The van der Waals surface area contributed by atoms with Crippen LogP contribution in [0.3, 0.4) is 0 Å². The molecular formula is C18H16N2O2. The largest absolute Gasteiger partial charge is 0.369 e. The van der Waals surface area contributed by atoms with E-state index in [9.17, 15) is 14.9 Å². The molecule has 2 atom stereocenters. The van der Waals surface area contributed by atoms with Crippen molar-refractivity contribution in [2.45, 2.75) is 12.3 Å². The Morgan fingerprint density at radius 2 is 1.55 bits per heavy atom. The van der Waals surface area contributed by atoms with Crippen LogP contribution in [0.5, 0.6) is 0 Å². The zero-order chi connectivity index (χ0) is 15.9. The fourth-order valence-electron chi connectivity index (χ4n) is 2.42. The first-order valence-electron chi connectivity index (χ1n) is 6.95. The van der Waals surface area contributed by atoms with Crippen LogP contribution in [0, 0.1) is 17.2 Å². The van der Waals surface area contributed by atoms with E-state index in [0.29, 0.717) is 5.56 Å². The molecule has 110 valence electrons. The van der Waals surface area contributed by atoms with E-state index < -0.39 is 17.7 Å². The number of rotatable bonds is 6. The highest BCUT2D eigenvalue weighted by Crippen LogP contribution is 2.29. The van der Waals surface area contributed by atoms with Gasteiger partial charge in [0.15, 0.2) is 5.78 Å². The van der Waals surface area contributed by atoms with Gasteiger partial charge in [0.05, 0.1) is 6.07 Å². The summed E-state index contributed by atoms with van der Waals surface area (Å²) >= 11 is 0. The molecule has 0 spiro atoms. The molecule has 2 aromatic rings. The molecule has 22 heavy (non-hydrogen) atoms. The molecule has 0 saturated heterocycles. The van der Waals surface area contributed by atoms with Gasteiger partial charge in [-0.05, 0) is 5.56 Å². The number of nitriles is 1. The van der Waals surface area contributed by atoms with E-state index in [1.807, 2.05) is 30.3 Å². The zero-order valence-electron chi connectivity index (χ0n) is 12.0. The highest BCUT2D eigenvalue weighted by molar-refractivity contribution is 5.97. The van der Waals surface area contributed by atoms with Crippen molar-refractivity contribution in [3.8, 4) is 6.07 Å². The molecular weight excluding hydrogens is 276 g/mol. The number of ketones is 1. The van der Waals surface area contributed by atoms with Crippen LogP contribution in [0.15, 0.2) is 60.7 Å². The Labute approximate surface area is 129 Å². The summed E-state index contributed by atoms with van der Waals surface area (Å²) in [6, 6.07) is 19.8. The van der Waals surface area contributed by atoms with Gasteiger partial charge in [0.25, 0.3) is 0 Å². The Kier molecular flexibility index (Phi) is 5.05. The van der Waals surface area contributed by atoms with Gasteiger partial charge in [0.2, 0.25) is 5.91 Å². The number of primary amides is 1. The number of nitrogens with zero attached hydrogens (tertiary/aromatic N) is 1. The lowest BCUT2D eigenvalue weighted by Gasteiger charge is -2.19. The Morgan fingerprint density at radius 3 is 2.05 bits per heavy atom. The van der Waals surface area contributed by atoms with Crippen molar-refractivity contribution in [1.82, 2.24) is 0 Å². The number of benzene rings is 2. The average molecular weight is 292 g/mol. The van der Waals surface area contributed by atoms with Gasteiger partial charge < -0.3 is 5.73 Å². The fourth-order valence-corrected chi connectivity index (χ4v) is 2.42. The van der Waals surface area contributed by atoms with Gasteiger partial charge in [-0.1, -0.05) is 60.7 Å². The number of Topliss-reactive ketones (excluding diaryl/α,β-unsaturated/α-hetero) is 1. The predicted molar refractivity (Wildman–Crippen MR) is 82.9 cm³/mol. The molecule has 0 unspecified atom stereocenters. The van der Waals surface area contributed by atoms with Crippen molar-refractivity contribution >= 4 is 11.7 Å². The molecule has 4 nitrogen and oxygen atoms in total. The van der Waals surface area contributed by atoms with Crippen LogP contribution < -0.4 is 5.73 Å². The second kappa shape index (κ2) is 7.19. The topological polar surface area (TPSA) is 83.9 Å². The zero-order valence-corrected chi connectivity index (χ0v) is 12.0. The predicted octanol–water partition coefficient (Wildman–Crippen LogP) is 2.67. The molecule has 0 radical (unpaired) electrons. The number of amides is 1. The first-order chi connectivity index (χ1) is 10.6. The number of carbonyl (C=O) groups excluding carboxylic acids is 2. The second-order valence-corrected chi connectivity index (χ2v) is 5.02. The summed E-state index contributed by atoms with van der Waals surface area (Å²) in [5, 5.41) is 9.25. The Hall–Kier alpha value is -2.93. The van der Waals surface area contributed by atoms with Gasteiger partial charge >= 0.3 is 0 Å². The van der Waals surface area contributed by atoms with E-state index in [1.165, 1.54) is 0 Å². The van der Waals surface area contributed by atoms with E-state index in [1.54, 1.807) is 36.4 Å². The summed E-state index contributed by atoms with van der Waals surface area (Å²) in [7, 11) is 0. The molecule has 0 fully saturated rings. The van der Waals surface area contributed by atoms with Crippen molar-refractivity contribution in [3.63, 3.8) is 0 Å². The second-order valence-electron chi connectivity index (χ2n) is 5.02. The van der Waals surface area contributed by atoms with Gasteiger partial charge in [-0.25, -0.2) is 0 Å². The smallest absolute Gasteiger partial charge is 0.235 e. The first kappa shape index (κ1) is 15.5. The third kappa shape index (κ3) is 3.58. The third-order valence-corrected chi connectivity index (χ3v) is 3.58. The van der Waals surface area contributed by atoms with Crippen molar-refractivity contribution in [2.24, 2.45) is 11.7 Å². The van der Waals surface area contributed by atoms with Crippen LogP contribution in [0.25, 0.3) is 0 Å². The van der Waals surface area contributed by atoms with Crippen LogP contribution >= 0.6 is 0 Å². The molecule has 4 heteroatoms. The van der Waals surface area contributed by atoms with Gasteiger partial charge in [0.1, 0.15) is 5.92 Å². The van der Waals surface area contributed by atoms with Crippen LogP contribution in [0.2, 0.25) is 0 Å². The lowest BCUT2D eigenvalue weighted by molar-refractivity contribution is -0.120. The van der Waals surface area contributed by atoms with E-state index in [2.05, 4.69) is 0 Å². The summed E-state index contributed by atoms with van der Waals surface area (Å²) < 4.78 is 0. The minimum atomic E-state index is -1.03. The van der Waals surface area contributed by atoms with E-state index in [4.69, 9.17) is 5.73 Å². The lowest BCUT2D eigenvalue weighted by Crippen LogP contribution is -2.29. The third-order valence-electron chi connectivity index (χ3n) is 3.58. The first-order valence-corrected chi connectivity index (χ1v) is 6.95. The summed E-state index contributed by atoms with van der Waals surface area (Å²) in [4.78, 5) is 24.0. The Balaban J connectivity index is 2.32. The Bertz CT molecular complexity index is 690. The summed E-state index contributed by atoms with van der Waals surface area (Å²) in [6.45, 7) is 0. The van der Waals surface area contributed by atoms with E-state index >= 15 is 0 Å². The molecule has 0 aliphatic heterocycles. The maximum absolute atomic E-state index is 12.4. The minimum Gasteiger partial charge on any atom is -0.369 e. The van der Waals surface area contributed by atoms with Crippen molar-refractivity contribution < 1.29 is 9.59 Å². The van der Waals surface area contributed by atoms with E-state index in [-0.39, 0.29) is 12.2 Å². The average Bonchev–Trinajstić information content (AvgIpc) is 2.55. The number of hydrogen-bond acceptors (Lipinski definition) is 3. The molecule has 2 N–H and O–H groups in total. The molecule has 0 aromatic heterocycles. The normalized spacial score (nSPS) is 12.9.